The van der Waals surface area contributed by atoms with Crippen LogP contribution in [0.5, 0.6) is 0 Å². The largest absolute Gasteiger partial charge is 0.480 e. The molecule has 0 aliphatic heterocycles. The van der Waals surface area contributed by atoms with E-state index in [-0.39, 0.29) is 0 Å². The summed E-state index contributed by atoms with van der Waals surface area (Å²) in [6.07, 6.45) is 5.36. The van der Waals surface area contributed by atoms with Crippen LogP contribution in [0.3, 0.4) is 0 Å². The van der Waals surface area contributed by atoms with Crippen molar-refractivity contribution in [3.8, 4) is 0 Å². The molecule has 2 N–H and O–H groups in total. The van der Waals surface area contributed by atoms with Crippen LogP contribution in [0.1, 0.15) is 19.8 Å². The molecule has 0 aliphatic carbocycles. The van der Waals surface area contributed by atoms with Crippen LogP contribution in [0.25, 0.3) is 0 Å². The van der Waals surface area contributed by atoms with Crippen molar-refractivity contribution in [3.05, 3.63) is 12.2 Å². The molecule has 0 spiro atoms. The Morgan fingerprint density at radius 1 is 1.64 bits per heavy atom. The highest BCUT2D eigenvalue weighted by Crippen LogP contribution is 1.93. The predicted octanol–water partition coefficient (Wildman–Crippen LogP) is 1.02. The molecular weight excluding hydrogens is 142 g/mol. The number of carboxylic acids is 1. The second-order valence-electron chi connectivity index (χ2n) is 2.29. The average molecular weight is 157 g/mol. The van der Waals surface area contributed by atoms with Crippen LogP contribution in [-0.4, -0.2) is 24.2 Å². The summed E-state index contributed by atoms with van der Waals surface area (Å²) in [7, 11) is 1.65. The van der Waals surface area contributed by atoms with Crippen molar-refractivity contribution >= 4 is 5.97 Å². The average Bonchev–Trinajstić information content (AvgIpc) is 1.97. The molecule has 0 aromatic heterocycles. The monoisotopic (exact) mass is 157 g/mol. The topological polar surface area (TPSA) is 49.3 Å². The quantitative estimate of drug-likeness (QED) is 0.586. The van der Waals surface area contributed by atoms with E-state index in [4.69, 9.17) is 5.11 Å². The normalized spacial score (nSPS) is 13.6. The second-order valence-corrected chi connectivity index (χ2v) is 2.29. The molecule has 3 heteroatoms. The van der Waals surface area contributed by atoms with Gasteiger partial charge in [-0.2, -0.15) is 0 Å². The zero-order chi connectivity index (χ0) is 8.69. The Labute approximate surface area is 67.1 Å². The molecule has 0 rings (SSSR count). The van der Waals surface area contributed by atoms with E-state index in [1.165, 1.54) is 0 Å². The smallest absolute Gasteiger partial charge is 0.321 e. The van der Waals surface area contributed by atoms with Gasteiger partial charge in [0.2, 0.25) is 0 Å². The molecule has 0 saturated carbocycles. The first-order valence-electron chi connectivity index (χ1n) is 3.77. The summed E-state index contributed by atoms with van der Waals surface area (Å²) in [6.45, 7) is 2.02. The molecule has 0 aliphatic rings. The second kappa shape index (κ2) is 5.92. The van der Waals surface area contributed by atoms with Gasteiger partial charge in [0.1, 0.15) is 6.04 Å². The van der Waals surface area contributed by atoms with E-state index in [1.807, 2.05) is 19.1 Å². The third kappa shape index (κ3) is 4.56. The van der Waals surface area contributed by atoms with Crippen molar-refractivity contribution in [2.24, 2.45) is 0 Å². The molecular formula is C8H15NO2. The van der Waals surface area contributed by atoms with Crippen LogP contribution in [0.15, 0.2) is 12.2 Å². The Balaban J connectivity index is 3.69. The Bertz CT molecular complexity index is 143. The highest BCUT2D eigenvalue weighted by molar-refractivity contribution is 5.73. The molecule has 0 aromatic rings. The fraction of sp³-hybridized carbons (Fsp3) is 0.625. The molecule has 11 heavy (non-hydrogen) atoms. The van der Waals surface area contributed by atoms with Gasteiger partial charge in [-0.15, -0.1) is 0 Å². The molecule has 1 unspecified atom stereocenters. The van der Waals surface area contributed by atoms with Crippen LogP contribution < -0.4 is 5.32 Å². The van der Waals surface area contributed by atoms with E-state index < -0.39 is 12.0 Å². The summed E-state index contributed by atoms with van der Waals surface area (Å²) >= 11 is 0. The van der Waals surface area contributed by atoms with Gasteiger partial charge in [0.05, 0.1) is 0 Å². The van der Waals surface area contributed by atoms with Crippen LogP contribution >= 0.6 is 0 Å². The summed E-state index contributed by atoms with van der Waals surface area (Å²) in [4.78, 5) is 10.4. The Kier molecular flexibility index (Phi) is 5.47. The number of hydrogen-bond donors (Lipinski definition) is 2. The van der Waals surface area contributed by atoms with E-state index in [0.717, 1.165) is 6.42 Å². The number of carbonyl (C=O) groups is 1. The molecule has 0 amide bonds. The number of carboxylic acid groups (broad SMARTS) is 1. The van der Waals surface area contributed by atoms with Gasteiger partial charge in [-0.25, -0.2) is 0 Å². The van der Waals surface area contributed by atoms with Gasteiger partial charge in [0.15, 0.2) is 0 Å². The van der Waals surface area contributed by atoms with Gasteiger partial charge in [0.25, 0.3) is 0 Å². The van der Waals surface area contributed by atoms with E-state index in [0.29, 0.717) is 6.42 Å². The maximum Gasteiger partial charge on any atom is 0.321 e. The lowest BCUT2D eigenvalue weighted by Crippen LogP contribution is -2.33. The highest BCUT2D eigenvalue weighted by Gasteiger charge is 2.11. The molecule has 0 bridgehead atoms. The molecule has 3 nitrogen and oxygen atoms in total. The third-order valence-electron chi connectivity index (χ3n) is 1.42. The van der Waals surface area contributed by atoms with E-state index >= 15 is 0 Å². The first-order valence-corrected chi connectivity index (χ1v) is 3.77. The van der Waals surface area contributed by atoms with Gasteiger partial charge < -0.3 is 10.4 Å². The van der Waals surface area contributed by atoms with Gasteiger partial charge in [0, 0.05) is 0 Å². The highest BCUT2D eigenvalue weighted by atomic mass is 16.4. The van der Waals surface area contributed by atoms with E-state index in [1.54, 1.807) is 7.05 Å². The molecule has 1 atom stereocenters. The van der Waals surface area contributed by atoms with Crippen molar-refractivity contribution in [2.75, 3.05) is 7.05 Å². The number of nitrogens with one attached hydrogen (secondary N) is 1. The first kappa shape index (κ1) is 10.2. The maximum atomic E-state index is 10.4. The minimum atomic E-state index is -0.798. The number of likely N-dealkylation sites (N-methyl/N-ethyl adjacent to an activating group) is 1. The Morgan fingerprint density at radius 3 is 2.64 bits per heavy atom. The molecule has 0 fully saturated rings. The van der Waals surface area contributed by atoms with Crippen molar-refractivity contribution in [2.45, 2.75) is 25.8 Å². The SMILES string of the molecule is CCC=CCC(NC)C(=O)O. The van der Waals surface area contributed by atoms with Crippen molar-refractivity contribution < 1.29 is 9.90 Å². The number of allylic oxidation sites excluding steroid dienone is 1. The lowest BCUT2D eigenvalue weighted by Gasteiger charge is -2.06. The Morgan fingerprint density at radius 2 is 2.27 bits per heavy atom. The number of aliphatic carboxylic acids is 1. The number of rotatable bonds is 5. The fourth-order valence-electron chi connectivity index (χ4n) is 0.741. The minimum Gasteiger partial charge on any atom is -0.480 e. The van der Waals surface area contributed by atoms with E-state index in [2.05, 4.69) is 5.32 Å². The van der Waals surface area contributed by atoms with Crippen LogP contribution in [-0.2, 0) is 4.79 Å². The summed E-state index contributed by atoms with van der Waals surface area (Å²) in [5, 5.41) is 11.3. The standard InChI is InChI=1S/C8H15NO2/c1-3-4-5-6-7(9-2)8(10)11/h4-5,7,9H,3,6H2,1-2H3,(H,10,11). The third-order valence-corrected chi connectivity index (χ3v) is 1.42. The number of hydrogen-bond acceptors (Lipinski definition) is 2. The lowest BCUT2D eigenvalue weighted by molar-refractivity contribution is -0.139. The zero-order valence-corrected chi connectivity index (χ0v) is 7.00. The maximum absolute atomic E-state index is 10.4. The fourth-order valence-corrected chi connectivity index (χ4v) is 0.741. The molecule has 0 heterocycles. The zero-order valence-electron chi connectivity index (χ0n) is 7.00. The lowest BCUT2D eigenvalue weighted by atomic mass is 10.2. The molecule has 0 saturated heterocycles. The van der Waals surface area contributed by atoms with E-state index in [9.17, 15) is 4.79 Å². The molecule has 0 aromatic carbocycles. The van der Waals surface area contributed by atoms with Crippen LogP contribution in [0, 0.1) is 0 Å². The van der Waals surface area contributed by atoms with Gasteiger partial charge in [-0.1, -0.05) is 19.1 Å². The van der Waals surface area contributed by atoms with Gasteiger partial charge in [-0.05, 0) is 19.9 Å². The summed E-state index contributed by atoms with van der Waals surface area (Å²) < 4.78 is 0. The van der Waals surface area contributed by atoms with Crippen LogP contribution in [0.4, 0.5) is 0 Å². The predicted molar refractivity (Wildman–Crippen MR) is 44.5 cm³/mol. The van der Waals surface area contributed by atoms with Crippen molar-refractivity contribution in [1.29, 1.82) is 0 Å². The van der Waals surface area contributed by atoms with Crippen molar-refractivity contribution in [3.63, 3.8) is 0 Å². The van der Waals surface area contributed by atoms with Gasteiger partial charge >= 0.3 is 5.97 Å². The van der Waals surface area contributed by atoms with Crippen molar-refractivity contribution in [1.82, 2.24) is 5.32 Å². The molecule has 0 radical (unpaired) electrons. The first-order chi connectivity index (χ1) is 5.22. The minimum absolute atomic E-state index is 0.446. The summed E-state index contributed by atoms with van der Waals surface area (Å²) in [6, 6.07) is -0.446. The molecule has 64 valence electrons. The van der Waals surface area contributed by atoms with Crippen LogP contribution in [0.2, 0.25) is 0 Å². The summed E-state index contributed by atoms with van der Waals surface area (Å²) in [5.74, 6) is -0.798. The summed E-state index contributed by atoms with van der Waals surface area (Å²) in [5.41, 5.74) is 0. The van der Waals surface area contributed by atoms with Gasteiger partial charge in [-0.3, -0.25) is 4.79 Å². The Hall–Kier alpha value is -0.830.